The first kappa shape index (κ1) is 23.5. The molecule has 0 fully saturated rings. The number of sulfonamides is 1. The molecule has 0 radical (unpaired) electrons. The highest BCUT2D eigenvalue weighted by molar-refractivity contribution is 7.89. The van der Waals surface area contributed by atoms with Crippen molar-refractivity contribution in [1.29, 1.82) is 0 Å². The second-order valence-electron chi connectivity index (χ2n) is 8.28. The Morgan fingerprint density at radius 3 is 1.91 bits per heavy atom. The normalized spacial score (nSPS) is 13.8. The summed E-state index contributed by atoms with van der Waals surface area (Å²) in [5, 5.41) is 12.2. The van der Waals surface area contributed by atoms with E-state index in [1.54, 1.807) is 30.3 Å². The monoisotopic (exact) mass is 469 g/mol. The van der Waals surface area contributed by atoms with Crippen molar-refractivity contribution in [3.8, 4) is 0 Å². The maximum Gasteiger partial charge on any atom is 0.261 e. The van der Waals surface area contributed by atoms with Crippen LogP contribution in [-0.2, 0) is 22.0 Å². The number of hydrogen-bond donors (Lipinski definition) is 2. The second-order valence-corrected chi connectivity index (χ2v) is 9.96. The van der Waals surface area contributed by atoms with Crippen molar-refractivity contribution >= 4 is 16.1 Å². The van der Waals surface area contributed by atoms with Gasteiger partial charge in [-0.25, -0.2) is 8.42 Å². The highest BCUT2D eigenvalue weighted by Crippen LogP contribution is 2.34. The third kappa shape index (κ3) is 5.45. The number of hydrogen-bond acceptors (Lipinski definition) is 3. The lowest BCUT2D eigenvalue weighted by Gasteiger charge is -2.32. The molecule has 0 bridgehead atoms. The molecule has 0 aliphatic carbocycles. The van der Waals surface area contributed by atoms with Gasteiger partial charge < -0.3 is 5.11 Å². The van der Waals surface area contributed by atoms with Crippen molar-refractivity contribution in [3.63, 3.8) is 0 Å². The summed E-state index contributed by atoms with van der Waals surface area (Å²) in [7, 11) is -3.96. The van der Waals surface area contributed by atoms with Gasteiger partial charge in [-0.05, 0) is 41.8 Å². The Balaban J connectivity index is 1.87. The quantitative estimate of drug-likeness (QED) is 0.361. The van der Waals surface area contributed by atoms with E-state index in [1.165, 1.54) is 0 Å². The van der Waals surface area contributed by atoms with Gasteiger partial charge in [0.15, 0.2) is 0 Å². The van der Waals surface area contributed by atoms with Crippen molar-refractivity contribution in [1.82, 2.24) is 4.72 Å². The number of benzene rings is 4. The summed E-state index contributed by atoms with van der Waals surface area (Å²) in [5.74, 6) is 0. The largest absolute Gasteiger partial charge is 0.378 e. The summed E-state index contributed by atoms with van der Waals surface area (Å²) >= 11 is 0. The Labute approximate surface area is 201 Å². The van der Waals surface area contributed by atoms with Gasteiger partial charge in [0.2, 0.25) is 0 Å². The van der Waals surface area contributed by atoms with Crippen molar-refractivity contribution in [2.75, 3.05) is 0 Å². The van der Waals surface area contributed by atoms with Crippen LogP contribution in [0.1, 0.15) is 22.3 Å². The van der Waals surface area contributed by atoms with Crippen LogP contribution in [0.4, 0.5) is 0 Å². The molecule has 0 aromatic heterocycles. The number of aliphatic hydroxyl groups is 1. The standard InChI is InChI=1S/C29H27NO3S/c1-23-17-19-27(20-18-23)34(32,33)30-28(21-24-11-5-2-6-12-24)29(31,26-15-9-4-10-16-26)22-25-13-7-3-8-14-25/h2-21,30-31H,22H2,1H3/b28-21-. The summed E-state index contributed by atoms with van der Waals surface area (Å²) in [6, 6.07) is 34.7. The fourth-order valence-electron chi connectivity index (χ4n) is 3.83. The van der Waals surface area contributed by atoms with E-state index in [-0.39, 0.29) is 17.0 Å². The van der Waals surface area contributed by atoms with Crippen LogP contribution in [0.25, 0.3) is 6.08 Å². The van der Waals surface area contributed by atoms with Crippen LogP contribution in [0.15, 0.2) is 126 Å². The fraction of sp³-hybridized carbons (Fsp3) is 0.103. The van der Waals surface area contributed by atoms with E-state index >= 15 is 0 Å². The summed E-state index contributed by atoms with van der Waals surface area (Å²) in [6.45, 7) is 1.90. The lowest BCUT2D eigenvalue weighted by atomic mass is 9.84. The average molecular weight is 470 g/mol. The number of rotatable bonds is 8. The maximum absolute atomic E-state index is 13.4. The summed E-state index contributed by atoms with van der Waals surface area (Å²) < 4.78 is 29.5. The zero-order valence-corrected chi connectivity index (χ0v) is 19.7. The van der Waals surface area contributed by atoms with Gasteiger partial charge in [0, 0.05) is 6.42 Å². The van der Waals surface area contributed by atoms with Crippen molar-refractivity contribution < 1.29 is 13.5 Å². The predicted molar refractivity (Wildman–Crippen MR) is 136 cm³/mol. The van der Waals surface area contributed by atoms with Crippen LogP contribution >= 0.6 is 0 Å². The molecule has 34 heavy (non-hydrogen) atoms. The molecule has 4 nitrogen and oxygen atoms in total. The smallest absolute Gasteiger partial charge is 0.261 e. The lowest BCUT2D eigenvalue weighted by molar-refractivity contribution is 0.0735. The van der Waals surface area contributed by atoms with Gasteiger partial charge in [-0.1, -0.05) is 109 Å². The van der Waals surface area contributed by atoms with Crippen molar-refractivity contribution in [3.05, 3.63) is 143 Å². The Morgan fingerprint density at radius 1 is 0.794 bits per heavy atom. The van der Waals surface area contributed by atoms with E-state index < -0.39 is 15.6 Å². The van der Waals surface area contributed by atoms with Crippen LogP contribution in [0.5, 0.6) is 0 Å². The van der Waals surface area contributed by atoms with E-state index in [0.717, 1.165) is 16.7 Å². The van der Waals surface area contributed by atoms with Gasteiger partial charge in [0.1, 0.15) is 5.60 Å². The molecule has 0 heterocycles. The molecule has 1 unspecified atom stereocenters. The summed E-state index contributed by atoms with van der Waals surface area (Å²) in [6.07, 6.45) is 1.88. The first-order chi connectivity index (χ1) is 16.4. The highest BCUT2D eigenvalue weighted by atomic mass is 32.2. The summed E-state index contributed by atoms with van der Waals surface area (Å²) in [4.78, 5) is 0.132. The van der Waals surface area contributed by atoms with Gasteiger partial charge in [-0.3, -0.25) is 4.72 Å². The van der Waals surface area contributed by atoms with Gasteiger partial charge >= 0.3 is 0 Å². The third-order valence-corrected chi connectivity index (χ3v) is 7.07. The van der Waals surface area contributed by atoms with E-state index in [0.29, 0.717) is 5.56 Å². The molecule has 1 atom stereocenters. The molecule has 4 rings (SSSR count). The van der Waals surface area contributed by atoms with Crippen LogP contribution in [0.3, 0.4) is 0 Å². The van der Waals surface area contributed by atoms with Gasteiger partial charge in [-0.15, -0.1) is 0 Å². The molecular weight excluding hydrogens is 442 g/mol. The summed E-state index contributed by atoms with van der Waals surface area (Å²) in [5.41, 5.74) is 1.75. The molecule has 0 aliphatic rings. The van der Waals surface area contributed by atoms with E-state index in [1.807, 2.05) is 97.9 Å². The zero-order chi connectivity index (χ0) is 24.0. The van der Waals surface area contributed by atoms with E-state index in [4.69, 9.17) is 0 Å². The van der Waals surface area contributed by atoms with Crippen LogP contribution in [0.2, 0.25) is 0 Å². The zero-order valence-electron chi connectivity index (χ0n) is 18.9. The Bertz CT molecular complexity index is 1350. The molecular formula is C29H27NO3S. The lowest BCUT2D eigenvalue weighted by Crippen LogP contribution is -2.40. The highest BCUT2D eigenvalue weighted by Gasteiger charge is 2.36. The Kier molecular flexibility index (Phi) is 6.96. The van der Waals surface area contributed by atoms with Gasteiger partial charge in [0.25, 0.3) is 10.0 Å². The van der Waals surface area contributed by atoms with Crippen LogP contribution < -0.4 is 4.72 Å². The van der Waals surface area contributed by atoms with Crippen molar-refractivity contribution in [2.24, 2.45) is 0 Å². The van der Waals surface area contributed by atoms with Crippen LogP contribution in [0, 0.1) is 6.92 Å². The molecule has 0 saturated carbocycles. The predicted octanol–water partition coefficient (Wildman–Crippen LogP) is 5.44. The number of aryl methyl sites for hydroxylation is 1. The minimum absolute atomic E-state index is 0.132. The molecule has 172 valence electrons. The van der Waals surface area contributed by atoms with E-state index in [2.05, 4.69) is 4.72 Å². The maximum atomic E-state index is 13.4. The third-order valence-electron chi connectivity index (χ3n) is 5.69. The average Bonchev–Trinajstić information content (AvgIpc) is 2.85. The van der Waals surface area contributed by atoms with Crippen molar-refractivity contribution in [2.45, 2.75) is 23.8 Å². The minimum Gasteiger partial charge on any atom is -0.378 e. The molecule has 0 saturated heterocycles. The molecule has 5 heteroatoms. The Morgan fingerprint density at radius 2 is 1.32 bits per heavy atom. The van der Waals surface area contributed by atoms with Crippen LogP contribution in [-0.4, -0.2) is 13.5 Å². The fourth-order valence-corrected chi connectivity index (χ4v) is 4.96. The van der Waals surface area contributed by atoms with E-state index in [9.17, 15) is 13.5 Å². The molecule has 0 aliphatic heterocycles. The molecule has 0 spiro atoms. The molecule has 0 amide bonds. The van der Waals surface area contributed by atoms with Gasteiger partial charge in [0.05, 0.1) is 10.6 Å². The molecule has 2 N–H and O–H groups in total. The first-order valence-electron chi connectivity index (χ1n) is 11.1. The molecule has 4 aromatic rings. The Hall–Kier alpha value is -3.67. The minimum atomic E-state index is -3.96. The van der Waals surface area contributed by atoms with Gasteiger partial charge in [-0.2, -0.15) is 0 Å². The first-order valence-corrected chi connectivity index (χ1v) is 12.5. The molecule has 4 aromatic carbocycles. The topological polar surface area (TPSA) is 66.4 Å². The number of nitrogens with one attached hydrogen (secondary N) is 1. The second kappa shape index (κ2) is 10.1. The SMILES string of the molecule is Cc1ccc(S(=O)(=O)N/C(=C\c2ccccc2)C(O)(Cc2ccccc2)c2ccccc2)cc1.